The average molecular weight is 631 g/mol. The molecule has 46 heavy (non-hydrogen) atoms. The summed E-state index contributed by atoms with van der Waals surface area (Å²) < 4.78 is 49.0. The van der Waals surface area contributed by atoms with E-state index in [-0.39, 0.29) is 35.5 Å². The Balaban J connectivity index is 1.46. The number of benzene rings is 4. The highest BCUT2D eigenvalue weighted by atomic mass is 16.7. The zero-order valence-electron chi connectivity index (χ0n) is 26.7. The highest BCUT2D eigenvalue weighted by Crippen LogP contribution is 2.51. The van der Waals surface area contributed by atoms with Crippen molar-refractivity contribution in [2.24, 2.45) is 5.92 Å². The standard InChI is InChI=1S/C37H42O9/c1-25-32(43-22-27-16-10-6-11-17-27)35(44-23-28-18-12-7-13-19-28)31(24-42-21-26-14-8-5-9-15-26)45-37(25)46-33-29(38)20-30(39-2)34(40-3)36(33)41-4/h5-20,25,31-32,35,37-38H,21-24H2,1-4H3/t25-,31+,32+,35+,37+/m0/s1. The van der Waals surface area contributed by atoms with Crippen LogP contribution < -0.4 is 18.9 Å². The molecule has 1 saturated heterocycles. The summed E-state index contributed by atoms with van der Waals surface area (Å²) in [6.45, 7) is 3.30. The highest BCUT2D eigenvalue weighted by Gasteiger charge is 2.47. The topological polar surface area (TPSA) is 94.1 Å². The molecule has 0 saturated carbocycles. The molecule has 1 fully saturated rings. The molecule has 244 valence electrons. The fourth-order valence-corrected chi connectivity index (χ4v) is 5.50. The molecule has 9 nitrogen and oxygen atoms in total. The zero-order chi connectivity index (χ0) is 32.3. The molecule has 0 aromatic heterocycles. The molecule has 0 unspecified atom stereocenters. The summed E-state index contributed by atoms with van der Waals surface area (Å²) in [6, 6.07) is 31.3. The van der Waals surface area contributed by atoms with Gasteiger partial charge < -0.3 is 43.0 Å². The minimum atomic E-state index is -0.874. The fourth-order valence-electron chi connectivity index (χ4n) is 5.50. The molecule has 4 aromatic carbocycles. The summed E-state index contributed by atoms with van der Waals surface area (Å²) in [5.74, 6) is 0.276. The number of ether oxygens (including phenoxy) is 8. The lowest BCUT2D eigenvalue weighted by Crippen LogP contribution is -2.58. The Morgan fingerprint density at radius 2 is 1.15 bits per heavy atom. The molecule has 1 aliphatic rings. The Labute approximate surface area is 270 Å². The summed E-state index contributed by atoms with van der Waals surface area (Å²) in [5.41, 5.74) is 3.09. The third-order valence-corrected chi connectivity index (χ3v) is 7.91. The predicted molar refractivity (Wildman–Crippen MR) is 172 cm³/mol. The lowest BCUT2D eigenvalue weighted by atomic mass is 9.91. The molecule has 0 aliphatic carbocycles. The zero-order valence-corrected chi connectivity index (χ0v) is 26.7. The molecule has 1 heterocycles. The third-order valence-electron chi connectivity index (χ3n) is 7.91. The molecular formula is C37H42O9. The van der Waals surface area contributed by atoms with Crippen molar-refractivity contribution in [3.63, 3.8) is 0 Å². The first-order chi connectivity index (χ1) is 22.5. The molecule has 9 heteroatoms. The summed E-state index contributed by atoms with van der Waals surface area (Å²) in [4.78, 5) is 0. The monoisotopic (exact) mass is 630 g/mol. The maximum atomic E-state index is 11.0. The van der Waals surface area contributed by atoms with Gasteiger partial charge in [-0.25, -0.2) is 0 Å². The minimum absolute atomic E-state index is 0.0615. The van der Waals surface area contributed by atoms with Crippen molar-refractivity contribution in [3.8, 4) is 28.7 Å². The number of phenolic OH excluding ortho intramolecular Hbond substituents is 1. The van der Waals surface area contributed by atoms with E-state index in [4.69, 9.17) is 37.9 Å². The number of hydrogen-bond acceptors (Lipinski definition) is 9. The van der Waals surface area contributed by atoms with Crippen LogP contribution >= 0.6 is 0 Å². The molecule has 0 radical (unpaired) electrons. The second-order valence-electron chi connectivity index (χ2n) is 11.0. The average Bonchev–Trinajstić information content (AvgIpc) is 3.10. The van der Waals surface area contributed by atoms with Gasteiger partial charge in [-0.2, -0.15) is 0 Å². The molecule has 4 aromatic rings. The summed E-state index contributed by atoms with van der Waals surface area (Å²) in [7, 11) is 4.44. The van der Waals surface area contributed by atoms with Gasteiger partial charge in [0.05, 0.1) is 53.9 Å². The Morgan fingerprint density at radius 3 is 1.67 bits per heavy atom. The molecule has 5 rings (SSSR count). The van der Waals surface area contributed by atoms with Crippen molar-refractivity contribution in [3.05, 3.63) is 114 Å². The van der Waals surface area contributed by atoms with Gasteiger partial charge in [-0.1, -0.05) is 97.9 Å². The van der Waals surface area contributed by atoms with E-state index < -0.39 is 24.6 Å². The normalized spacial score (nSPS) is 21.0. The van der Waals surface area contributed by atoms with Gasteiger partial charge in [0.25, 0.3) is 0 Å². The van der Waals surface area contributed by atoms with E-state index >= 15 is 0 Å². The van der Waals surface area contributed by atoms with Crippen LogP contribution in [-0.4, -0.2) is 57.6 Å². The third kappa shape index (κ3) is 8.10. The van der Waals surface area contributed by atoms with Gasteiger partial charge in [-0.05, 0) is 16.7 Å². The number of methoxy groups -OCH3 is 3. The second kappa shape index (κ2) is 16.3. The molecule has 0 bridgehead atoms. The van der Waals surface area contributed by atoms with Crippen LogP contribution in [0.25, 0.3) is 0 Å². The van der Waals surface area contributed by atoms with E-state index in [1.54, 1.807) is 0 Å². The SMILES string of the molecule is COc1cc(O)c(O[C@H]2O[C@H](COCc3ccccc3)[C@@H](OCc3ccccc3)[C@H](OCc3ccccc3)[C@@H]2C)c(OC)c1OC. The van der Waals surface area contributed by atoms with Crippen molar-refractivity contribution < 1.29 is 43.0 Å². The molecule has 1 N–H and O–H groups in total. The van der Waals surface area contributed by atoms with Gasteiger partial charge in [-0.15, -0.1) is 0 Å². The first-order valence-corrected chi connectivity index (χ1v) is 15.3. The largest absolute Gasteiger partial charge is 0.504 e. The Morgan fingerprint density at radius 1 is 0.630 bits per heavy atom. The molecule has 0 spiro atoms. The Kier molecular flexibility index (Phi) is 11.7. The number of phenols is 1. The smallest absolute Gasteiger partial charge is 0.211 e. The van der Waals surface area contributed by atoms with E-state index in [2.05, 4.69) is 0 Å². The minimum Gasteiger partial charge on any atom is -0.504 e. The van der Waals surface area contributed by atoms with Crippen LogP contribution in [0.2, 0.25) is 0 Å². The Hall–Kier alpha value is -4.28. The molecular weight excluding hydrogens is 588 g/mol. The van der Waals surface area contributed by atoms with Crippen molar-refractivity contribution in [1.29, 1.82) is 0 Å². The van der Waals surface area contributed by atoms with Gasteiger partial charge in [-0.3, -0.25) is 0 Å². The molecule has 5 atom stereocenters. The number of aromatic hydroxyl groups is 1. The van der Waals surface area contributed by atoms with E-state index in [1.165, 1.54) is 27.4 Å². The summed E-state index contributed by atoms with van der Waals surface area (Å²) in [6.07, 6.45) is -2.43. The lowest BCUT2D eigenvalue weighted by Gasteiger charge is -2.45. The van der Waals surface area contributed by atoms with Gasteiger partial charge in [0.2, 0.25) is 23.5 Å². The molecule has 0 amide bonds. The van der Waals surface area contributed by atoms with Crippen molar-refractivity contribution in [1.82, 2.24) is 0 Å². The van der Waals surface area contributed by atoms with Crippen molar-refractivity contribution in [2.75, 3.05) is 27.9 Å². The van der Waals surface area contributed by atoms with Crippen molar-refractivity contribution in [2.45, 2.75) is 51.3 Å². The van der Waals surface area contributed by atoms with Gasteiger partial charge in [0.1, 0.15) is 12.2 Å². The first kappa shape index (κ1) is 33.1. The second-order valence-corrected chi connectivity index (χ2v) is 11.0. The lowest BCUT2D eigenvalue weighted by molar-refractivity contribution is -0.282. The van der Waals surface area contributed by atoms with E-state index in [9.17, 15) is 5.11 Å². The highest BCUT2D eigenvalue weighted by molar-refractivity contribution is 5.65. The van der Waals surface area contributed by atoms with Crippen LogP contribution in [0.15, 0.2) is 97.1 Å². The maximum Gasteiger partial charge on any atom is 0.211 e. The van der Waals surface area contributed by atoms with Crippen LogP contribution in [0.3, 0.4) is 0 Å². The first-order valence-electron chi connectivity index (χ1n) is 15.3. The van der Waals surface area contributed by atoms with Crippen LogP contribution in [0.5, 0.6) is 28.7 Å². The number of hydrogen-bond donors (Lipinski definition) is 1. The Bertz CT molecular complexity index is 1480. The van der Waals surface area contributed by atoms with Crippen molar-refractivity contribution >= 4 is 0 Å². The summed E-state index contributed by atoms with van der Waals surface area (Å²) >= 11 is 0. The molecule has 1 aliphatic heterocycles. The van der Waals surface area contributed by atoms with Crippen LogP contribution in [0.1, 0.15) is 23.6 Å². The number of rotatable bonds is 15. The van der Waals surface area contributed by atoms with Gasteiger partial charge in [0.15, 0.2) is 11.5 Å². The van der Waals surface area contributed by atoms with E-state index in [0.717, 1.165) is 16.7 Å². The van der Waals surface area contributed by atoms with Crippen LogP contribution in [-0.2, 0) is 38.8 Å². The van der Waals surface area contributed by atoms with Gasteiger partial charge >= 0.3 is 0 Å². The quantitative estimate of drug-likeness (QED) is 0.157. The van der Waals surface area contributed by atoms with Gasteiger partial charge in [0, 0.05) is 12.0 Å². The van der Waals surface area contributed by atoms with Crippen LogP contribution in [0, 0.1) is 5.92 Å². The van der Waals surface area contributed by atoms with E-state index in [1.807, 2.05) is 97.9 Å². The maximum absolute atomic E-state index is 11.0. The predicted octanol–water partition coefficient (Wildman–Crippen LogP) is 6.55. The fraction of sp³-hybridized carbons (Fsp3) is 0.351. The van der Waals surface area contributed by atoms with E-state index in [0.29, 0.717) is 25.6 Å². The van der Waals surface area contributed by atoms with Crippen LogP contribution in [0.4, 0.5) is 0 Å². The summed E-state index contributed by atoms with van der Waals surface area (Å²) in [5, 5.41) is 11.0.